The van der Waals surface area contributed by atoms with E-state index in [4.69, 9.17) is 0 Å². The van der Waals surface area contributed by atoms with E-state index in [1.54, 1.807) is 0 Å². The lowest BCUT2D eigenvalue weighted by atomic mass is 9.78. The number of allylic oxidation sites excluding steroid dienone is 2. The Hall–Kier alpha value is -1.45. The minimum atomic E-state index is -0.811. The van der Waals surface area contributed by atoms with Crippen LogP contribution in [0.1, 0.15) is 26.2 Å². The van der Waals surface area contributed by atoms with E-state index in [9.17, 15) is 14.4 Å². The summed E-state index contributed by atoms with van der Waals surface area (Å²) in [5.41, 5.74) is 0. The lowest BCUT2D eigenvalue weighted by molar-refractivity contribution is -0.154. The normalized spacial score (nSPS) is 23.9. The second kappa shape index (κ2) is 5.58. The molecule has 0 saturated carbocycles. The standard InChI is InChI=1S/C12H16O4/c1-8(13)7-9-5-3-4-6-10(9)11(14)12(15)16-2/h3-4,9-10H,5-7H2,1-2H3. The molecule has 0 fully saturated rings. The summed E-state index contributed by atoms with van der Waals surface area (Å²) in [6.07, 6.45) is 5.37. The zero-order chi connectivity index (χ0) is 12.1. The molecule has 2 unspecified atom stereocenters. The van der Waals surface area contributed by atoms with E-state index in [0.29, 0.717) is 19.3 Å². The zero-order valence-corrected chi connectivity index (χ0v) is 9.56. The molecule has 0 aliphatic heterocycles. The summed E-state index contributed by atoms with van der Waals surface area (Å²) >= 11 is 0. The zero-order valence-electron chi connectivity index (χ0n) is 9.56. The van der Waals surface area contributed by atoms with E-state index in [1.807, 2.05) is 12.2 Å². The molecule has 0 spiro atoms. The van der Waals surface area contributed by atoms with Crippen molar-refractivity contribution < 1.29 is 19.1 Å². The molecule has 0 heterocycles. The van der Waals surface area contributed by atoms with Gasteiger partial charge in [0.1, 0.15) is 5.78 Å². The van der Waals surface area contributed by atoms with Crippen LogP contribution in [0.15, 0.2) is 12.2 Å². The van der Waals surface area contributed by atoms with Crippen molar-refractivity contribution in [3.63, 3.8) is 0 Å². The smallest absolute Gasteiger partial charge is 0.374 e. The van der Waals surface area contributed by atoms with Gasteiger partial charge in [0.2, 0.25) is 5.78 Å². The van der Waals surface area contributed by atoms with Gasteiger partial charge in [-0.3, -0.25) is 4.79 Å². The maximum atomic E-state index is 11.7. The lowest BCUT2D eigenvalue weighted by Crippen LogP contribution is -2.32. The first-order valence-corrected chi connectivity index (χ1v) is 5.32. The van der Waals surface area contributed by atoms with Crippen LogP contribution in [0, 0.1) is 11.8 Å². The molecular weight excluding hydrogens is 208 g/mol. The molecule has 2 atom stereocenters. The van der Waals surface area contributed by atoms with Gasteiger partial charge in [-0.15, -0.1) is 0 Å². The molecule has 0 radical (unpaired) electrons. The fourth-order valence-corrected chi connectivity index (χ4v) is 2.04. The third-order valence-corrected chi connectivity index (χ3v) is 2.84. The molecule has 4 heteroatoms. The van der Waals surface area contributed by atoms with Crippen molar-refractivity contribution in [3.05, 3.63) is 12.2 Å². The van der Waals surface area contributed by atoms with Crippen molar-refractivity contribution in [1.82, 2.24) is 0 Å². The van der Waals surface area contributed by atoms with Gasteiger partial charge in [0.05, 0.1) is 7.11 Å². The monoisotopic (exact) mass is 224 g/mol. The van der Waals surface area contributed by atoms with Crippen LogP contribution in [-0.2, 0) is 19.1 Å². The van der Waals surface area contributed by atoms with E-state index in [-0.39, 0.29) is 11.7 Å². The van der Waals surface area contributed by atoms with Gasteiger partial charge in [0.15, 0.2) is 0 Å². The van der Waals surface area contributed by atoms with Crippen LogP contribution in [-0.4, -0.2) is 24.6 Å². The van der Waals surface area contributed by atoms with Crippen molar-refractivity contribution in [2.75, 3.05) is 7.11 Å². The highest BCUT2D eigenvalue weighted by molar-refractivity contribution is 6.34. The summed E-state index contributed by atoms with van der Waals surface area (Å²) in [6, 6.07) is 0. The molecule has 0 N–H and O–H groups in total. The van der Waals surface area contributed by atoms with E-state index in [0.717, 1.165) is 0 Å². The molecule has 0 aromatic heterocycles. The highest BCUT2D eigenvalue weighted by Crippen LogP contribution is 2.29. The minimum Gasteiger partial charge on any atom is -0.463 e. The molecule has 0 bridgehead atoms. The Kier molecular flexibility index (Phi) is 4.40. The predicted octanol–water partition coefficient (Wildman–Crippen LogP) is 1.29. The van der Waals surface area contributed by atoms with Crippen molar-refractivity contribution in [3.8, 4) is 0 Å². The SMILES string of the molecule is COC(=O)C(=O)C1CC=CCC1CC(C)=O. The average molecular weight is 224 g/mol. The quantitative estimate of drug-likeness (QED) is 0.410. The van der Waals surface area contributed by atoms with Crippen LogP contribution in [0.4, 0.5) is 0 Å². The first-order chi connectivity index (χ1) is 7.56. The summed E-state index contributed by atoms with van der Waals surface area (Å²) in [7, 11) is 1.19. The summed E-state index contributed by atoms with van der Waals surface area (Å²) in [6.45, 7) is 1.50. The number of ketones is 2. The molecule has 0 aromatic carbocycles. The van der Waals surface area contributed by atoms with Crippen LogP contribution >= 0.6 is 0 Å². The molecular formula is C12H16O4. The van der Waals surface area contributed by atoms with Crippen molar-refractivity contribution >= 4 is 17.5 Å². The Bertz CT molecular complexity index is 330. The number of hydrogen-bond acceptors (Lipinski definition) is 4. The average Bonchev–Trinajstić information content (AvgIpc) is 2.27. The predicted molar refractivity (Wildman–Crippen MR) is 57.7 cm³/mol. The molecule has 0 aromatic rings. The number of Topliss-reactive ketones (excluding diaryl/α,β-unsaturated/α-hetero) is 2. The lowest BCUT2D eigenvalue weighted by Gasteiger charge is -2.25. The number of carbonyl (C=O) groups excluding carboxylic acids is 3. The highest BCUT2D eigenvalue weighted by atomic mass is 16.5. The summed E-state index contributed by atoms with van der Waals surface area (Å²) in [5, 5.41) is 0. The van der Waals surface area contributed by atoms with Gasteiger partial charge in [0, 0.05) is 12.3 Å². The molecule has 88 valence electrons. The number of carbonyl (C=O) groups is 3. The highest BCUT2D eigenvalue weighted by Gasteiger charge is 2.33. The number of rotatable bonds is 4. The maximum Gasteiger partial charge on any atom is 0.374 e. The Balaban J connectivity index is 2.75. The van der Waals surface area contributed by atoms with E-state index >= 15 is 0 Å². The largest absolute Gasteiger partial charge is 0.463 e. The fraction of sp³-hybridized carbons (Fsp3) is 0.583. The number of esters is 1. The summed E-state index contributed by atoms with van der Waals surface area (Å²) in [4.78, 5) is 33.9. The molecule has 16 heavy (non-hydrogen) atoms. The second-order valence-electron chi connectivity index (χ2n) is 4.07. The Labute approximate surface area is 94.7 Å². The molecule has 4 nitrogen and oxygen atoms in total. The van der Waals surface area contributed by atoms with Gasteiger partial charge in [0.25, 0.3) is 0 Å². The van der Waals surface area contributed by atoms with E-state index in [1.165, 1.54) is 14.0 Å². The van der Waals surface area contributed by atoms with Crippen LogP contribution in [0.2, 0.25) is 0 Å². The Morgan fingerprint density at radius 1 is 1.25 bits per heavy atom. The van der Waals surface area contributed by atoms with Crippen molar-refractivity contribution in [1.29, 1.82) is 0 Å². The van der Waals surface area contributed by atoms with Crippen molar-refractivity contribution in [2.24, 2.45) is 11.8 Å². The van der Waals surface area contributed by atoms with Crippen molar-refractivity contribution in [2.45, 2.75) is 26.2 Å². The minimum absolute atomic E-state index is 0.0444. The topological polar surface area (TPSA) is 60.4 Å². The first-order valence-electron chi connectivity index (χ1n) is 5.32. The van der Waals surface area contributed by atoms with Crippen LogP contribution in [0.3, 0.4) is 0 Å². The third-order valence-electron chi connectivity index (χ3n) is 2.84. The Morgan fingerprint density at radius 3 is 2.44 bits per heavy atom. The van der Waals surface area contributed by atoms with Crippen LogP contribution < -0.4 is 0 Å². The molecule has 0 amide bonds. The van der Waals surface area contributed by atoms with Gasteiger partial charge in [-0.2, -0.15) is 0 Å². The van der Waals surface area contributed by atoms with Crippen LogP contribution in [0.5, 0.6) is 0 Å². The molecule has 1 aliphatic carbocycles. The fourth-order valence-electron chi connectivity index (χ4n) is 2.04. The van der Waals surface area contributed by atoms with E-state index in [2.05, 4.69) is 4.74 Å². The summed E-state index contributed by atoms with van der Waals surface area (Å²) < 4.78 is 4.42. The van der Waals surface area contributed by atoms with Gasteiger partial charge in [-0.25, -0.2) is 4.79 Å². The van der Waals surface area contributed by atoms with Gasteiger partial charge in [-0.05, 0) is 25.7 Å². The van der Waals surface area contributed by atoms with Gasteiger partial charge >= 0.3 is 5.97 Å². The molecule has 1 rings (SSSR count). The van der Waals surface area contributed by atoms with E-state index < -0.39 is 17.7 Å². The van der Waals surface area contributed by atoms with Crippen LogP contribution in [0.25, 0.3) is 0 Å². The number of hydrogen-bond donors (Lipinski definition) is 0. The maximum absolute atomic E-state index is 11.7. The summed E-state index contributed by atoms with van der Waals surface area (Å²) in [5.74, 6) is -1.75. The number of ether oxygens (including phenoxy) is 1. The third kappa shape index (κ3) is 3.02. The first kappa shape index (κ1) is 12.6. The second-order valence-corrected chi connectivity index (χ2v) is 4.07. The van der Waals surface area contributed by atoms with Gasteiger partial charge < -0.3 is 9.53 Å². The Morgan fingerprint density at radius 2 is 1.88 bits per heavy atom. The molecule has 0 saturated heterocycles. The molecule has 1 aliphatic rings. The number of methoxy groups -OCH3 is 1. The van der Waals surface area contributed by atoms with Gasteiger partial charge in [-0.1, -0.05) is 12.2 Å².